The van der Waals surface area contributed by atoms with Crippen molar-refractivity contribution in [3.63, 3.8) is 0 Å². The molecular formula is C10H10O3S. The van der Waals surface area contributed by atoms with Gasteiger partial charge in [-0.3, -0.25) is 0 Å². The molecule has 0 radical (unpaired) electrons. The van der Waals surface area contributed by atoms with Crippen molar-refractivity contribution in [3.05, 3.63) is 24.3 Å². The van der Waals surface area contributed by atoms with E-state index in [9.17, 15) is 8.42 Å². The van der Waals surface area contributed by atoms with Crippen LogP contribution in [0.1, 0.15) is 13.3 Å². The molecule has 3 rings (SSSR count). The summed E-state index contributed by atoms with van der Waals surface area (Å²) < 4.78 is 26.3. The SMILES string of the molecule is C#CCC.O=S1(=O)Oc2ccc1cc2. The summed E-state index contributed by atoms with van der Waals surface area (Å²) in [5.74, 6) is 2.81. The maximum absolute atomic E-state index is 10.9. The van der Waals surface area contributed by atoms with Crippen LogP contribution < -0.4 is 4.18 Å². The predicted octanol–water partition coefficient (Wildman–Crippen LogP) is 1.80. The molecule has 2 bridgehead atoms. The minimum absolute atomic E-state index is 0.225. The fourth-order valence-corrected chi connectivity index (χ4v) is 1.77. The van der Waals surface area contributed by atoms with Gasteiger partial charge in [0.2, 0.25) is 0 Å². The molecule has 4 heteroatoms. The van der Waals surface area contributed by atoms with E-state index in [0.29, 0.717) is 5.75 Å². The Morgan fingerprint density at radius 3 is 2.00 bits per heavy atom. The van der Waals surface area contributed by atoms with Gasteiger partial charge in [0, 0.05) is 6.42 Å². The second-order valence-corrected chi connectivity index (χ2v) is 4.11. The molecule has 14 heavy (non-hydrogen) atoms. The molecule has 0 amide bonds. The summed E-state index contributed by atoms with van der Waals surface area (Å²) in [4.78, 5) is 0.225. The highest BCUT2D eigenvalue weighted by Crippen LogP contribution is 2.25. The largest absolute Gasteiger partial charge is 0.379 e. The number of hydrogen-bond donors (Lipinski definition) is 0. The van der Waals surface area contributed by atoms with Crippen molar-refractivity contribution in [1.82, 2.24) is 0 Å². The van der Waals surface area contributed by atoms with Gasteiger partial charge in [0.1, 0.15) is 10.6 Å². The van der Waals surface area contributed by atoms with Crippen LogP contribution in [0.2, 0.25) is 0 Å². The lowest BCUT2D eigenvalue weighted by molar-refractivity contribution is 0.478. The summed E-state index contributed by atoms with van der Waals surface area (Å²) in [6.07, 6.45) is 5.62. The molecule has 1 aromatic carbocycles. The van der Waals surface area contributed by atoms with Gasteiger partial charge >= 0.3 is 10.1 Å². The molecule has 0 aliphatic carbocycles. The molecule has 0 saturated carbocycles. The molecular weight excluding hydrogens is 200 g/mol. The first kappa shape index (κ1) is 10.6. The second-order valence-electron chi connectivity index (χ2n) is 2.57. The van der Waals surface area contributed by atoms with Crippen molar-refractivity contribution < 1.29 is 12.6 Å². The molecule has 0 unspecified atom stereocenters. The lowest BCUT2D eigenvalue weighted by Gasteiger charge is -2.12. The Morgan fingerprint density at radius 1 is 1.36 bits per heavy atom. The Labute approximate surface area is 83.8 Å². The molecule has 0 N–H and O–H groups in total. The third kappa shape index (κ3) is 2.27. The third-order valence-corrected chi connectivity index (χ3v) is 2.78. The van der Waals surface area contributed by atoms with E-state index in [0.717, 1.165) is 6.42 Å². The van der Waals surface area contributed by atoms with Crippen LogP contribution in [0.25, 0.3) is 0 Å². The summed E-state index contributed by atoms with van der Waals surface area (Å²) in [5.41, 5.74) is 0. The second kappa shape index (κ2) is 4.16. The lowest BCUT2D eigenvalue weighted by Crippen LogP contribution is -2.13. The van der Waals surface area contributed by atoms with Crippen LogP contribution >= 0.6 is 0 Å². The van der Waals surface area contributed by atoms with Gasteiger partial charge in [-0.25, -0.2) is 0 Å². The summed E-state index contributed by atoms with van der Waals surface area (Å²) in [5, 5.41) is 0. The van der Waals surface area contributed by atoms with Gasteiger partial charge in [-0.15, -0.1) is 12.3 Å². The van der Waals surface area contributed by atoms with Crippen molar-refractivity contribution in [2.45, 2.75) is 18.2 Å². The average molecular weight is 210 g/mol. The van der Waals surface area contributed by atoms with Gasteiger partial charge in [-0.1, -0.05) is 6.92 Å². The van der Waals surface area contributed by atoms with Crippen molar-refractivity contribution >= 4 is 10.1 Å². The minimum atomic E-state index is -3.42. The van der Waals surface area contributed by atoms with E-state index < -0.39 is 10.1 Å². The van der Waals surface area contributed by atoms with Crippen LogP contribution in [0.4, 0.5) is 0 Å². The van der Waals surface area contributed by atoms with Crippen LogP contribution in [0.15, 0.2) is 29.2 Å². The number of hydrogen-bond acceptors (Lipinski definition) is 3. The molecule has 2 heterocycles. The highest BCUT2D eigenvalue weighted by atomic mass is 32.2. The van der Waals surface area contributed by atoms with E-state index >= 15 is 0 Å². The molecule has 2 aliphatic rings. The fourth-order valence-electron chi connectivity index (χ4n) is 0.837. The fraction of sp³-hybridized carbons (Fsp3) is 0.200. The number of rotatable bonds is 0. The Bertz CT molecular complexity index is 437. The maximum Gasteiger partial charge on any atom is 0.339 e. The molecule has 0 fully saturated rings. The van der Waals surface area contributed by atoms with E-state index in [-0.39, 0.29) is 4.90 Å². The summed E-state index contributed by atoms with van der Waals surface area (Å²) >= 11 is 0. The summed E-state index contributed by atoms with van der Waals surface area (Å²) in [6, 6.07) is 6.29. The zero-order chi connectivity index (χ0) is 10.6. The first-order chi connectivity index (χ1) is 6.60. The van der Waals surface area contributed by atoms with Crippen molar-refractivity contribution in [2.75, 3.05) is 0 Å². The Kier molecular flexibility index (Phi) is 3.15. The molecule has 2 aliphatic heterocycles. The first-order valence-corrected chi connectivity index (χ1v) is 5.49. The van der Waals surface area contributed by atoms with Gasteiger partial charge in [-0.2, -0.15) is 8.42 Å². The minimum Gasteiger partial charge on any atom is -0.379 e. The van der Waals surface area contributed by atoms with Crippen LogP contribution in [0.5, 0.6) is 5.75 Å². The van der Waals surface area contributed by atoms with Gasteiger partial charge in [0.25, 0.3) is 0 Å². The summed E-state index contributed by atoms with van der Waals surface area (Å²) in [7, 11) is -3.42. The molecule has 0 spiro atoms. The monoisotopic (exact) mass is 210 g/mol. The van der Waals surface area contributed by atoms with Crippen LogP contribution in [0, 0.1) is 12.3 Å². The van der Waals surface area contributed by atoms with E-state index in [1.54, 1.807) is 12.1 Å². The zero-order valence-corrected chi connectivity index (χ0v) is 8.54. The maximum atomic E-state index is 10.9. The van der Waals surface area contributed by atoms with Gasteiger partial charge in [0.05, 0.1) is 0 Å². The smallest absolute Gasteiger partial charge is 0.339 e. The highest BCUT2D eigenvalue weighted by Gasteiger charge is 2.21. The predicted molar refractivity (Wildman–Crippen MR) is 53.4 cm³/mol. The quantitative estimate of drug-likeness (QED) is 0.484. The average Bonchev–Trinajstić information content (AvgIpc) is 2.18. The molecule has 0 atom stereocenters. The van der Waals surface area contributed by atoms with Crippen LogP contribution in [-0.2, 0) is 10.1 Å². The van der Waals surface area contributed by atoms with E-state index in [1.165, 1.54) is 12.1 Å². The van der Waals surface area contributed by atoms with E-state index in [2.05, 4.69) is 10.1 Å². The molecule has 0 aromatic heterocycles. The molecule has 74 valence electrons. The number of benzene rings is 1. The topological polar surface area (TPSA) is 43.4 Å². The normalized spacial score (nSPS) is 14.6. The van der Waals surface area contributed by atoms with Gasteiger partial charge in [0.15, 0.2) is 0 Å². The van der Waals surface area contributed by atoms with E-state index in [1.807, 2.05) is 6.92 Å². The van der Waals surface area contributed by atoms with Crippen molar-refractivity contribution in [1.29, 1.82) is 0 Å². The highest BCUT2D eigenvalue weighted by molar-refractivity contribution is 7.87. The third-order valence-electron chi connectivity index (χ3n) is 1.52. The summed E-state index contributed by atoms with van der Waals surface area (Å²) in [6.45, 7) is 1.94. The van der Waals surface area contributed by atoms with Crippen LogP contribution in [0.3, 0.4) is 0 Å². The Balaban J connectivity index is 0.000000213. The standard InChI is InChI=1S/C6H4O3S.C4H6/c7-10(8)6-3-1-5(9-10)2-4-6;1-3-4-2/h1-4H;1H,4H2,2H3. The first-order valence-electron chi connectivity index (χ1n) is 4.08. The Morgan fingerprint density at radius 2 is 1.86 bits per heavy atom. The van der Waals surface area contributed by atoms with Crippen molar-refractivity contribution in [2.24, 2.45) is 0 Å². The Hall–Kier alpha value is -1.47. The molecule has 0 saturated heterocycles. The van der Waals surface area contributed by atoms with Crippen molar-refractivity contribution in [3.8, 4) is 18.1 Å². The molecule has 3 nitrogen and oxygen atoms in total. The molecule has 1 aromatic rings. The number of fused-ring (bicyclic) bond motifs is 3. The van der Waals surface area contributed by atoms with Gasteiger partial charge < -0.3 is 4.18 Å². The van der Waals surface area contributed by atoms with E-state index in [4.69, 9.17) is 6.42 Å². The van der Waals surface area contributed by atoms with Gasteiger partial charge in [-0.05, 0) is 24.3 Å². The zero-order valence-electron chi connectivity index (χ0n) is 7.73. The lowest BCUT2D eigenvalue weighted by atomic mass is 10.3. The van der Waals surface area contributed by atoms with Crippen LogP contribution in [-0.4, -0.2) is 8.42 Å². The number of terminal acetylenes is 1.